The molecular weight excluding hydrogens is 328 g/mol. The van der Waals surface area contributed by atoms with Gasteiger partial charge in [-0.15, -0.1) is 0 Å². The van der Waals surface area contributed by atoms with Gasteiger partial charge in [-0.05, 0) is 31.2 Å². The number of ether oxygens (including phenoxy) is 1. The third-order valence-electron chi connectivity index (χ3n) is 3.97. The van der Waals surface area contributed by atoms with Gasteiger partial charge in [-0.25, -0.2) is 0 Å². The summed E-state index contributed by atoms with van der Waals surface area (Å²) in [5.41, 5.74) is 2.97. The van der Waals surface area contributed by atoms with Crippen LogP contribution in [0.3, 0.4) is 0 Å². The first-order chi connectivity index (χ1) is 12.4. The van der Waals surface area contributed by atoms with Gasteiger partial charge in [-0.2, -0.15) is 0 Å². The highest BCUT2D eigenvalue weighted by atomic mass is 16.5. The third-order valence-corrected chi connectivity index (χ3v) is 3.97. The van der Waals surface area contributed by atoms with Crippen LogP contribution in [-0.2, 0) is 17.8 Å². The molecule has 5 heteroatoms. The van der Waals surface area contributed by atoms with E-state index >= 15 is 0 Å². The molecule has 1 aromatic heterocycles. The second kappa shape index (κ2) is 9.80. The maximum absolute atomic E-state index is 12.0. The Labute approximate surface area is 154 Å². The van der Waals surface area contributed by atoms with Crippen molar-refractivity contribution >= 4 is 5.91 Å². The predicted molar refractivity (Wildman–Crippen MR) is 103 cm³/mol. The Morgan fingerprint density at radius 2 is 1.96 bits per heavy atom. The van der Waals surface area contributed by atoms with E-state index in [0.29, 0.717) is 36.9 Å². The summed E-state index contributed by atoms with van der Waals surface area (Å²) in [5.74, 6) is 0.651. The molecule has 2 aromatic rings. The summed E-state index contributed by atoms with van der Waals surface area (Å²) >= 11 is 0. The summed E-state index contributed by atoms with van der Waals surface area (Å²) in [6.07, 6.45) is 3.71. The quantitative estimate of drug-likeness (QED) is 0.724. The predicted octanol–water partition coefficient (Wildman–Crippen LogP) is 3.36. The number of hydrogen-bond donors (Lipinski definition) is 2. The van der Waals surface area contributed by atoms with E-state index in [-0.39, 0.29) is 11.3 Å². The molecule has 0 saturated heterocycles. The summed E-state index contributed by atoms with van der Waals surface area (Å²) in [4.78, 5) is 27.0. The molecule has 0 fully saturated rings. The van der Waals surface area contributed by atoms with Gasteiger partial charge in [-0.3, -0.25) is 9.59 Å². The number of pyridine rings is 1. The Balaban J connectivity index is 1.73. The largest absolute Gasteiger partial charge is 0.488 e. The van der Waals surface area contributed by atoms with E-state index in [4.69, 9.17) is 4.74 Å². The van der Waals surface area contributed by atoms with Crippen LogP contribution in [0.25, 0.3) is 0 Å². The van der Waals surface area contributed by atoms with Gasteiger partial charge >= 0.3 is 0 Å². The number of rotatable bonds is 9. The van der Waals surface area contributed by atoms with Crippen LogP contribution >= 0.6 is 0 Å². The zero-order valence-electron chi connectivity index (χ0n) is 15.8. The maximum Gasteiger partial charge on any atom is 0.223 e. The minimum Gasteiger partial charge on any atom is -0.488 e. The Kier molecular flexibility index (Phi) is 7.45. The van der Waals surface area contributed by atoms with E-state index in [1.54, 1.807) is 6.20 Å². The molecule has 140 valence electrons. The van der Waals surface area contributed by atoms with Crippen LogP contribution in [0.1, 0.15) is 43.5 Å². The van der Waals surface area contributed by atoms with Gasteiger partial charge in [0.2, 0.25) is 11.3 Å². The van der Waals surface area contributed by atoms with Crippen LogP contribution in [0.5, 0.6) is 5.75 Å². The van der Waals surface area contributed by atoms with Crippen molar-refractivity contribution < 1.29 is 9.53 Å². The smallest absolute Gasteiger partial charge is 0.223 e. The molecular formula is C21H28N2O3. The molecule has 1 aromatic carbocycles. The molecule has 0 spiro atoms. The molecule has 1 amide bonds. The Bertz CT molecular complexity index is 764. The molecule has 0 saturated carbocycles. The molecule has 1 heterocycles. The molecule has 5 nitrogen and oxygen atoms in total. The molecule has 0 aliphatic heterocycles. The van der Waals surface area contributed by atoms with Crippen molar-refractivity contribution in [2.75, 3.05) is 6.61 Å². The average molecular weight is 356 g/mol. The maximum atomic E-state index is 12.0. The highest BCUT2D eigenvalue weighted by Crippen LogP contribution is 2.08. The lowest BCUT2D eigenvalue weighted by Crippen LogP contribution is -2.24. The molecule has 0 radical (unpaired) electrons. The van der Waals surface area contributed by atoms with Crippen LogP contribution in [0.2, 0.25) is 0 Å². The monoisotopic (exact) mass is 356 g/mol. The van der Waals surface area contributed by atoms with Gasteiger partial charge in [0.05, 0.1) is 13.2 Å². The lowest BCUT2D eigenvalue weighted by Gasteiger charge is -2.09. The Morgan fingerprint density at radius 3 is 2.62 bits per heavy atom. The SMILES string of the molecule is Cc1ccc(CCCC(=O)NCc2cc(=O)c(OCC(C)C)c[nH]2)cc1. The number of nitrogens with one attached hydrogen (secondary N) is 2. The lowest BCUT2D eigenvalue weighted by atomic mass is 10.1. The van der Waals surface area contributed by atoms with Gasteiger partial charge in [0.25, 0.3) is 0 Å². The van der Waals surface area contributed by atoms with E-state index in [0.717, 1.165) is 12.8 Å². The van der Waals surface area contributed by atoms with Crippen molar-refractivity contribution in [2.24, 2.45) is 5.92 Å². The fraction of sp³-hybridized carbons (Fsp3) is 0.429. The standard InChI is InChI=1S/C21H28N2O3/c1-15(2)14-26-20-13-22-18(11-19(20)24)12-23-21(25)6-4-5-17-9-7-16(3)8-10-17/h7-11,13,15H,4-6,12,14H2,1-3H3,(H,22,24)(H,23,25). The van der Waals surface area contributed by atoms with Crippen molar-refractivity contribution in [2.45, 2.75) is 46.6 Å². The minimum absolute atomic E-state index is 0.0157. The van der Waals surface area contributed by atoms with Gasteiger partial charge in [0.1, 0.15) is 0 Å². The molecule has 0 aliphatic rings. The second-order valence-electron chi connectivity index (χ2n) is 7.01. The topological polar surface area (TPSA) is 71.2 Å². The number of aromatic nitrogens is 1. The first-order valence-corrected chi connectivity index (χ1v) is 9.10. The average Bonchev–Trinajstić information content (AvgIpc) is 2.60. The van der Waals surface area contributed by atoms with Crippen molar-refractivity contribution in [3.63, 3.8) is 0 Å². The van der Waals surface area contributed by atoms with Crippen molar-refractivity contribution in [1.29, 1.82) is 0 Å². The zero-order valence-corrected chi connectivity index (χ0v) is 15.8. The summed E-state index contributed by atoms with van der Waals surface area (Å²) < 4.78 is 5.45. The van der Waals surface area contributed by atoms with Gasteiger partial charge in [-0.1, -0.05) is 43.7 Å². The number of benzene rings is 1. The normalized spacial score (nSPS) is 10.8. The molecule has 0 bridgehead atoms. The summed E-state index contributed by atoms with van der Waals surface area (Å²) in [6, 6.07) is 9.84. The number of aryl methyl sites for hydroxylation is 2. The first kappa shape index (κ1) is 19.8. The molecule has 0 atom stereocenters. The summed E-state index contributed by atoms with van der Waals surface area (Å²) in [5, 5.41) is 2.84. The summed E-state index contributed by atoms with van der Waals surface area (Å²) in [7, 11) is 0. The van der Waals surface area contributed by atoms with Gasteiger partial charge in [0.15, 0.2) is 5.75 Å². The Hall–Kier alpha value is -2.56. The zero-order chi connectivity index (χ0) is 18.9. The van der Waals surface area contributed by atoms with Crippen LogP contribution in [0, 0.1) is 12.8 Å². The van der Waals surface area contributed by atoms with Crippen molar-refractivity contribution in [1.82, 2.24) is 10.3 Å². The molecule has 0 unspecified atom stereocenters. The van der Waals surface area contributed by atoms with E-state index in [2.05, 4.69) is 41.5 Å². The second-order valence-corrected chi connectivity index (χ2v) is 7.01. The van der Waals surface area contributed by atoms with Crippen LogP contribution < -0.4 is 15.5 Å². The Morgan fingerprint density at radius 1 is 1.23 bits per heavy atom. The van der Waals surface area contributed by atoms with Crippen LogP contribution in [-0.4, -0.2) is 17.5 Å². The fourth-order valence-electron chi connectivity index (χ4n) is 2.46. The fourth-order valence-corrected chi connectivity index (χ4v) is 2.46. The number of carbonyl (C=O) groups excluding carboxylic acids is 1. The van der Waals surface area contributed by atoms with E-state index in [1.807, 2.05) is 13.8 Å². The first-order valence-electron chi connectivity index (χ1n) is 9.10. The number of carbonyl (C=O) groups is 1. The van der Waals surface area contributed by atoms with E-state index < -0.39 is 0 Å². The number of amides is 1. The van der Waals surface area contributed by atoms with Crippen molar-refractivity contribution in [3.05, 3.63) is 63.6 Å². The molecule has 2 N–H and O–H groups in total. The highest BCUT2D eigenvalue weighted by Gasteiger charge is 2.06. The molecule has 2 rings (SSSR count). The van der Waals surface area contributed by atoms with Crippen LogP contribution in [0.15, 0.2) is 41.3 Å². The number of H-pyrrole nitrogens is 1. The van der Waals surface area contributed by atoms with E-state index in [1.165, 1.54) is 17.2 Å². The third kappa shape index (κ3) is 6.75. The molecule has 0 aliphatic carbocycles. The minimum atomic E-state index is -0.173. The van der Waals surface area contributed by atoms with Gasteiger partial charge < -0.3 is 15.0 Å². The van der Waals surface area contributed by atoms with Crippen LogP contribution in [0.4, 0.5) is 0 Å². The van der Waals surface area contributed by atoms with Crippen molar-refractivity contribution in [3.8, 4) is 5.75 Å². The van der Waals surface area contributed by atoms with E-state index in [9.17, 15) is 9.59 Å². The van der Waals surface area contributed by atoms with Gasteiger partial charge in [0, 0.05) is 24.4 Å². The lowest BCUT2D eigenvalue weighted by molar-refractivity contribution is -0.121. The molecule has 26 heavy (non-hydrogen) atoms. The summed E-state index contributed by atoms with van der Waals surface area (Å²) in [6.45, 7) is 6.92. The number of aromatic amines is 1. The highest BCUT2D eigenvalue weighted by molar-refractivity contribution is 5.75. The number of hydrogen-bond acceptors (Lipinski definition) is 3.